The number of nitrogens with zero attached hydrogens (tertiary/aromatic N) is 2. The monoisotopic (exact) mass is 475 g/mol. The van der Waals surface area contributed by atoms with Gasteiger partial charge in [-0.3, -0.25) is 14.5 Å². The van der Waals surface area contributed by atoms with Crippen molar-refractivity contribution in [2.24, 2.45) is 4.99 Å². The predicted molar refractivity (Wildman–Crippen MR) is 128 cm³/mol. The first-order chi connectivity index (χ1) is 15.4. The van der Waals surface area contributed by atoms with Crippen molar-refractivity contribution in [1.29, 1.82) is 0 Å². The number of nitrogens with one attached hydrogen (secondary N) is 1. The van der Waals surface area contributed by atoms with Crippen LogP contribution in [0.3, 0.4) is 0 Å². The molecule has 0 aromatic heterocycles. The van der Waals surface area contributed by atoms with Crippen LogP contribution in [0.25, 0.3) is 0 Å². The zero-order chi connectivity index (χ0) is 23.3. The highest BCUT2D eigenvalue weighted by Crippen LogP contribution is 2.33. The van der Waals surface area contributed by atoms with E-state index >= 15 is 0 Å². The molecule has 1 aliphatic heterocycles. The van der Waals surface area contributed by atoms with E-state index in [2.05, 4.69) is 10.3 Å². The average molecular weight is 476 g/mol. The molecule has 0 bridgehead atoms. The predicted octanol–water partition coefficient (Wildman–Crippen LogP) is 3.98. The summed E-state index contributed by atoms with van der Waals surface area (Å²) in [6, 6.07) is 11.2. The number of aliphatic imine (C=N–C) groups is 1. The fourth-order valence-electron chi connectivity index (χ4n) is 3.24. The van der Waals surface area contributed by atoms with E-state index in [9.17, 15) is 9.59 Å². The lowest BCUT2D eigenvalue weighted by Crippen LogP contribution is -2.35. The van der Waals surface area contributed by atoms with Crippen molar-refractivity contribution in [3.8, 4) is 11.5 Å². The topological polar surface area (TPSA) is 80.2 Å². The summed E-state index contributed by atoms with van der Waals surface area (Å²) < 4.78 is 10.7. The third-order valence-electron chi connectivity index (χ3n) is 5.12. The van der Waals surface area contributed by atoms with E-state index in [0.717, 1.165) is 11.1 Å². The average Bonchev–Trinajstić information content (AvgIpc) is 3.08. The summed E-state index contributed by atoms with van der Waals surface area (Å²) in [7, 11) is 4.73. The fraction of sp³-hybridized carbons (Fsp3) is 0.348. The smallest absolute Gasteiger partial charge is 0.242 e. The molecule has 1 aliphatic rings. The van der Waals surface area contributed by atoms with E-state index in [-0.39, 0.29) is 18.2 Å². The largest absolute Gasteiger partial charge is 0.493 e. The van der Waals surface area contributed by atoms with Crippen molar-refractivity contribution in [1.82, 2.24) is 10.2 Å². The van der Waals surface area contributed by atoms with Gasteiger partial charge in [0.15, 0.2) is 16.7 Å². The minimum Gasteiger partial charge on any atom is -0.493 e. The van der Waals surface area contributed by atoms with Gasteiger partial charge in [0.25, 0.3) is 0 Å². The van der Waals surface area contributed by atoms with Crippen molar-refractivity contribution in [3.63, 3.8) is 0 Å². The van der Waals surface area contributed by atoms with Crippen molar-refractivity contribution < 1.29 is 19.1 Å². The van der Waals surface area contributed by atoms with Gasteiger partial charge >= 0.3 is 0 Å². The van der Waals surface area contributed by atoms with Crippen molar-refractivity contribution in [2.75, 3.05) is 27.8 Å². The lowest BCUT2D eigenvalue weighted by Gasteiger charge is -2.17. The summed E-state index contributed by atoms with van der Waals surface area (Å²) in [6.45, 7) is 2.34. The van der Waals surface area contributed by atoms with E-state index < -0.39 is 5.25 Å². The Hall–Kier alpha value is -2.71. The summed E-state index contributed by atoms with van der Waals surface area (Å²) in [5.41, 5.74) is 2.61. The number of halogens is 1. The van der Waals surface area contributed by atoms with Crippen LogP contribution in [-0.2, 0) is 16.0 Å². The molecule has 2 aromatic rings. The Morgan fingerprint density at radius 2 is 1.94 bits per heavy atom. The van der Waals surface area contributed by atoms with Gasteiger partial charge in [-0.25, -0.2) is 4.99 Å². The highest BCUT2D eigenvalue weighted by molar-refractivity contribution is 8.15. The van der Waals surface area contributed by atoms with Crippen LogP contribution in [-0.4, -0.2) is 54.9 Å². The lowest BCUT2D eigenvalue weighted by atomic mass is 10.1. The summed E-state index contributed by atoms with van der Waals surface area (Å²) in [6.07, 6.45) is 0.688. The van der Waals surface area contributed by atoms with Crippen LogP contribution in [0, 0.1) is 6.92 Å². The van der Waals surface area contributed by atoms with Gasteiger partial charge in [0.05, 0.1) is 19.9 Å². The number of carbonyl (C=O) groups is 2. The minimum absolute atomic E-state index is 0.0978. The van der Waals surface area contributed by atoms with Crippen molar-refractivity contribution in [3.05, 3.63) is 52.5 Å². The van der Waals surface area contributed by atoms with E-state index in [4.69, 9.17) is 21.1 Å². The Balaban J connectivity index is 1.85. The molecule has 2 aromatic carbocycles. The van der Waals surface area contributed by atoms with E-state index in [0.29, 0.717) is 40.3 Å². The van der Waals surface area contributed by atoms with Gasteiger partial charge in [-0.15, -0.1) is 0 Å². The second kappa shape index (κ2) is 10.7. The molecule has 2 amide bonds. The standard InChI is InChI=1S/C23H26ClN3O4S/c1-14-5-7-16(12-17(14)24)26-23-27(22(29)20(32-23)13-21(28)25-2)10-9-15-6-8-18(30-3)19(11-15)31-4/h5-8,11-12,20H,9-10,13H2,1-4H3,(H,25,28). The zero-order valence-corrected chi connectivity index (χ0v) is 20.0. The summed E-state index contributed by atoms with van der Waals surface area (Å²) >= 11 is 7.55. The number of amides is 2. The van der Waals surface area contributed by atoms with Crippen LogP contribution in [0.2, 0.25) is 5.02 Å². The first-order valence-corrected chi connectivity index (χ1v) is 11.4. The maximum Gasteiger partial charge on any atom is 0.242 e. The van der Waals surface area contributed by atoms with Gasteiger partial charge in [0.2, 0.25) is 11.8 Å². The molecule has 1 unspecified atom stereocenters. The second-order valence-electron chi connectivity index (χ2n) is 7.24. The van der Waals surface area contributed by atoms with Crippen molar-refractivity contribution in [2.45, 2.75) is 25.0 Å². The Bertz CT molecular complexity index is 1040. The van der Waals surface area contributed by atoms with Gasteiger partial charge in [-0.2, -0.15) is 0 Å². The molecule has 1 saturated heterocycles. The van der Waals surface area contributed by atoms with Crippen LogP contribution in [0.5, 0.6) is 11.5 Å². The van der Waals surface area contributed by atoms with Gasteiger partial charge in [-0.1, -0.05) is 35.5 Å². The Kier molecular flexibility index (Phi) is 8.04. The molecule has 1 heterocycles. The quantitative estimate of drug-likeness (QED) is 0.624. The molecule has 0 saturated carbocycles. The first kappa shape index (κ1) is 23.9. The molecule has 0 spiro atoms. The number of benzene rings is 2. The molecule has 1 atom stereocenters. The number of aryl methyl sites for hydroxylation is 1. The Labute approximate surface area is 197 Å². The third kappa shape index (κ3) is 5.55. The molecule has 32 heavy (non-hydrogen) atoms. The van der Waals surface area contributed by atoms with Gasteiger partial charge in [0, 0.05) is 25.0 Å². The number of hydrogen-bond acceptors (Lipinski definition) is 6. The summed E-state index contributed by atoms with van der Waals surface area (Å²) in [5.74, 6) is 0.965. The molecular formula is C23H26ClN3O4S. The number of methoxy groups -OCH3 is 2. The van der Waals surface area contributed by atoms with Gasteiger partial charge in [0.1, 0.15) is 5.25 Å². The van der Waals surface area contributed by atoms with Crippen LogP contribution >= 0.6 is 23.4 Å². The molecule has 3 rings (SSSR count). The number of ether oxygens (including phenoxy) is 2. The third-order valence-corrected chi connectivity index (χ3v) is 6.70. The van der Waals surface area contributed by atoms with Gasteiger partial charge in [-0.05, 0) is 48.7 Å². The zero-order valence-electron chi connectivity index (χ0n) is 18.5. The molecule has 170 valence electrons. The highest BCUT2D eigenvalue weighted by Gasteiger charge is 2.38. The van der Waals surface area contributed by atoms with Crippen LogP contribution in [0.15, 0.2) is 41.4 Å². The maximum absolute atomic E-state index is 13.1. The Morgan fingerprint density at radius 1 is 1.19 bits per heavy atom. The summed E-state index contributed by atoms with van der Waals surface area (Å²) in [5, 5.41) is 3.24. The first-order valence-electron chi connectivity index (χ1n) is 10.1. The van der Waals surface area contributed by atoms with Crippen LogP contribution in [0.4, 0.5) is 5.69 Å². The van der Waals surface area contributed by atoms with E-state index in [1.807, 2.05) is 37.3 Å². The lowest BCUT2D eigenvalue weighted by molar-refractivity contribution is -0.129. The minimum atomic E-state index is -0.514. The molecule has 7 nitrogen and oxygen atoms in total. The molecule has 1 fully saturated rings. The maximum atomic E-state index is 13.1. The van der Waals surface area contributed by atoms with Gasteiger partial charge < -0.3 is 14.8 Å². The number of rotatable bonds is 8. The molecular weight excluding hydrogens is 450 g/mol. The summed E-state index contributed by atoms with van der Waals surface area (Å²) in [4.78, 5) is 31.3. The normalized spacial score (nSPS) is 17.0. The molecule has 0 aliphatic carbocycles. The van der Waals surface area contributed by atoms with E-state index in [1.54, 1.807) is 32.2 Å². The second-order valence-corrected chi connectivity index (χ2v) is 8.82. The number of hydrogen-bond donors (Lipinski definition) is 1. The molecule has 1 N–H and O–H groups in total. The molecule has 0 radical (unpaired) electrons. The van der Waals surface area contributed by atoms with Crippen molar-refractivity contribution >= 4 is 46.0 Å². The number of amidine groups is 1. The van der Waals surface area contributed by atoms with Crippen LogP contribution < -0.4 is 14.8 Å². The highest BCUT2D eigenvalue weighted by atomic mass is 35.5. The fourth-order valence-corrected chi connectivity index (χ4v) is 4.60. The molecule has 9 heteroatoms. The SMILES string of the molecule is CNC(=O)CC1SC(=Nc2ccc(C)c(Cl)c2)N(CCc2ccc(OC)c(OC)c2)C1=O. The Morgan fingerprint density at radius 3 is 2.59 bits per heavy atom. The number of carbonyl (C=O) groups excluding carboxylic acids is 2. The number of thioether (sulfide) groups is 1. The van der Waals surface area contributed by atoms with Crippen LogP contribution in [0.1, 0.15) is 17.5 Å². The van der Waals surface area contributed by atoms with E-state index in [1.165, 1.54) is 11.8 Å².